The molecular formula is C19H21N3O5. The zero-order chi connectivity index (χ0) is 19.2. The highest BCUT2D eigenvalue weighted by molar-refractivity contribution is 5.78. The van der Waals surface area contributed by atoms with Gasteiger partial charge in [0.1, 0.15) is 11.5 Å². The van der Waals surface area contributed by atoms with Crippen molar-refractivity contribution < 1.29 is 19.2 Å². The Morgan fingerprint density at radius 3 is 2.37 bits per heavy atom. The summed E-state index contributed by atoms with van der Waals surface area (Å²) in [6.45, 7) is 2.53. The van der Waals surface area contributed by atoms with Gasteiger partial charge in [0.15, 0.2) is 6.61 Å². The largest absolute Gasteiger partial charge is 0.495 e. The fourth-order valence-corrected chi connectivity index (χ4v) is 2.99. The Bertz CT molecular complexity index is 801. The van der Waals surface area contributed by atoms with Gasteiger partial charge < -0.3 is 19.3 Å². The number of anilines is 1. The lowest BCUT2D eigenvalue weighted by molar-refractivity contribution is -0.384. The predicted octanol–water partition coefficient (Wildman–Crippen LogP) is 2.33. The SMILES string of the molecule is COc1ccccc1N1CCN(C(=O)COc2ccc([N+](=O)[O-])cc2)CC1. The van der Waals surface area contributed by atoms with Crippen molar-refractivity contribution in [1.82, 2.24) is 4.90 Å². The molecule has 8 heteroatoms. The number of carbonyl (C=O) groups excluding carboxylic acids is 1. The van der Waals surface area contributed by atoms with Gasteiger partial charge in [0.25, 0.3) is 11.6 Å². The fourth-order valence-electron chi connectivity index (χ4n) is 2.99. The van der Waals surface area contributed by atoms with Crippen molar-refractivity contribution in [2.45, 2.75) is 0 Å². The molecule has 1 saturated heterocycles. The van der Waals surface area contributed by atoms with Gasteiger partial charge in [0.05, 0.1) is 17.7 Å². The lowest BCUT2D eigenvalue weighted by Gasteiger charge is -2.36. The van der Waals surface area contributed by atoms with E-state index in [1.54, 1.807) is 12.0 Å². The molecule has 8 nitrogen and oxygen atoms in total. The third-order valence-corrected chi connectivity index (χ3v) is 4.47. The minimum absolute atomic E-state index is 0.0128. The Balaban J connectivity index is 1.50. The molecule has 0 spiro atoms. The Hall–Kier alpha value is -3.29. The number of nitro groups is 1. The van der Waals surface area contributed by atoms with Crippen molar-refractivity contribution in [3.05, 3.63) is 58.6 Å². The molecule has 1 aliphatic rings. The molecule has 1 heterocycles. The van der Waals surface area contributed by atoms with Crippen LogP contribution in [-0.2, 0) is 4.79 Å². The first-order valence-electron chi connectivity index (χ1n) is 8.61. The number of non-ortho nitro benzene ring substituents is 1. The van der Waals surface area contributed by atoms with E-state index in [-0.39, 0.29) is 18.2 Å². The number of hydrogen-bond acceptors (Lipinski definition) is 6. The molecule has 0 N–H and O–H groups in total. The Labute approximate surface area is 157 Å². The summed E-state index contributed by atoms with van der Waals surface area (Å²) in [7, 11) is 1.65. The molecule has 0 aliphatic carbocycles. The highest BCUT2D eigenvalue weighted by atomic mass is 16.6. The van der Waals surface area contributed by atoms with Crippen LogP contribution in [0.25, 0.3) is 0 Å². The lowest BCUT2D eigenvalue weighted by Crippen LogP contribution is -2.50. The number of carbonyl (C=O) groups is 1. The van der Waals surface area contributed by atoms with Crippen molar-refractivity contribution in [2.24, 2.45) is 0 Å². The number of nitrogens with zero attached hydrogens (tertiary/aromatic N) is 3. The molecule has 0 bridgehead atoms. The predicted molar refractivity (Wildman–Crippen MR) is 100 cm³/mol. The number of methoxy groups -OCH3 is 1. The van der Waals surface area contributed by atoms with Crippen LogP contribution in [0.1, 0.15) is 0 Å². The van der Waals surface area contributed by atoms with E-state index in [2.05, 4.69) is 4.90 Å². The second kappa shape index (κ2) is 8.39. The molecule has 2 aromatic rings. The van der Waals surface area contributed by atoms with Crippen LogP contribution in [0.4, 0.5) is 11.4 Å². The quantitative estimate of drug-likeness (QED) is 0.572. The standard InChI is InChI=1S/C19H21N3O5/c1-26-18-5-3-2-4-17(18)20-10-12-21(13-11-20)19(23)14-27-16-8-6-15(7-9-16)22(24)25/h2-9H,10-14H2,1H3. The summed E-state index contributed by atoms with van der Waals surface area (Å²) in [6, 6.07) is 13.5. The zero-order valence-corrected chi connectivity index (χ0v) is 15.0. The van der Waals surface area contributed by atoms with Crippen LogP contribution >= 0.6 is 0 Å². The van der Waals surface area contributed by atoms with E-state index in [0.717, 1.165) is 11.4 Å². The minimum Gasteiger partial charge on any atom is -0.495 e. The van der Waals surface area contributed by atoms with Gasteiger partial charge in [0, 0.05) is 38.3 Å². The Kier molecular flexibility index (Phi) is 5.75. The third-order valence-electron chi connectivity index (χ3n) is 4.47. The summed E-state index contributed by atoms with van der Waals surface area (Å²) >= 11 is 0. The number of amides is 1. The molecule has 1 fully saturated rings. The molecule has 0 unspecified atom stereocenters. The first kappa shape index (κ1) is 18.5. The van der Waals surface area contributed by atoms with E-state index in [0.29, 0.717) is 31.9 Å². The Morgan fingerprint density at radius 1 is 1.07 bits per heavy atom. The third kappa shape index (κ3) is 4.46. The molecule has 3 rings (SSSR count). The van der Waals surface area contributed by atoms with Gasteiger partial charge >= 0.3 is 0 Å². The number of para-hydroxylation sites is 2. The van der Waals surface area contributed by atoms with E-state index in [9.17, 15) is 14.9 Å². The summed E-state index contributed by atoms with van der Waals surface area (Å²) in [5.74, 6) is 1.15. The first-order chi connectivity index (χ1) is 13.1. The van der Waals surface area contributed by atoms with E-state index >= 15 is 0 Å². The maximum absolute atomic E-state index is 12.4. The summed E-state index contributed by atoms with van der Waals surface area (Å²) in [4.78, 5) is 26.5. The van der Waals surface area contributed by atoms with Gasteiger partial charge in [-0.2, -0.15) is 0 Å². The van der Waals surface area contributed by atoms with Crippen LogP contribution in [0.15, 0.2) is 48.5 Å². The fraction of sp³-hybridized carbons (Fsp3) is 0.316. The molecule has 2 aromatic carbocycles. The molecule has 0 radical (unpaired) electrons. The van der Waals surface area contributed by atoms with E-state index < -0.39 is 4.92 Å². The topological polar surface area (TPSA) is 85.2 Å². The summed E-state index contributed by atoms with van der Waals surface area (Å²) in [5.41, 5.74) is 1.01. The minimum atomic E-state index is -0.476. The smallest absolute Gasteiger partial charge is 0.269 e. The molecule has 142 valence electrons. The van der Waals surface area contributed by atoms with Gasteiger partial charge in [-0.1, -0.05) is 12.1 Å². The molecule has 0 aromatic heterocycles. The second-order valence-electron chi connectivity index (χ2n) is 6.08. The molecule has 27 heavy (non-hydrogen) atoms. The van der Waals surface area contributed by atoms with Crippen molar-refractivity contribution in [1.29, 1.82) is 0 Å². The molecule has 0 saturated carbocycles. The lowest BCUT2D eigenvalue weighted by atomic mass is 10.2. The van der Waals surface area contributed by atoms with Crippen LogP contribution in [-0.4, -0.2) is 55.6 Å². The van der Waals surface area contributed by atoms with Crippen LogP contribution in [0.2, 0.25) is 0 Å². The summed E-state index contributed by atoms with van der Waals surface area (Å²) in [5, 5.41) is 10.6. The molecule has 0 atom stereocenters. The summed E-state index contributed by atoms with van der Waals surface area (Å²) in [6.07, 6.45) is 0. The van der Waals surface area contributed by atoms with Crippen LogP contribution < -0.4 is 14.4 Å². The maximum Gasteiger partial charge on any atom is 0.269 e. The van der Waals surface area contributed by atoms with E-state index in [1.165, 1.54) is 24.3 Å². The zero-order valence-electron chi connectivity index (χ0n) is 15.0. The molecule has 1 aliphatic heterocycles. The number of piperazine rings is 1. The van der Waals surface area contributed by atoms with Gasteiger partial charge in [-0.05, 0) is 24.3 Å². The number of rotatable bonds is 6. The van der Waals surface area contributed by atoms with Crippen molar-refractivity contribution in [2.75, 3.05) is 44.8 Å². The van der Waals surface area contributed by atoms with Crippen molar-refractivity contribution in [3.8, 4) is 11.5 Å². The number of nitro benzene ring substituents is 1. The van der Waals surface area contributed by atoms with Gasteiger partial charge in [-0.25, -0.2) is 0 Å². The molecular weight excluding hydrogens is 350 g/mol. The van der Waals surface area contributed by atoms with Gasteiger partial charge in [0.2, 0.25) is 0 Å². The highest BCUT2D eigenvalue weighted by Crippen LogP contribution is 2.28. The average Bonchev–Trinajstić information content (AvgIpc) is 2.72. The van der Waals surface area contributed by atoms with E-state index in [4.69, 9.17) is 9.47 Å². The van der Waals surface area contributed by atoms with Gasteiger partial charge in [-0.15, -0.1) is 0 Å². The van der Waals surface area contributed by atoms with Crippen LogP contribution in [0.3, 0.4) is 0 Å². The van der Waals surface area contributed by atoms with Crippen LogP contribution in [0, 0.1) is 10.1 Å². The number of benzene rings is 2. The number of ether oxygens (including phenoxy) is 2. The van der Waals surface area contributed by atoms with E-state index in [1.807, 2.05) is 24.3 Å². The highest BCUT2D eigenvalue weighted by Gasteiger charge is 2.23. The van der Waals surface area contributed by atoms with Crippen LogP contribution in [0.5, 0.6) is 11.5 Å². The van der Waals surface area contributed by atoms with Crippen molar-refractivity contribution >= 4 is 17.3 Å². The normalized spacial score (nSPS) is 14.0. The first-order valence-corrected chi connectivity index (χ1v) is 8.61. The molecule has 1 amide bonds. The van der Waals surface area contributed by atoms with Crippen molar-refractivity contribution in [3.63, 3.8) is 0 Å². The number of hydrogen-bond donors (Lipinski definition) is 0. The monoisotopic (exact) mass is 371 g/mol. The Morgan fingerprint density at radius 2 is 1.74 bits per heavy atom. The maximum atomic E-state index is 12.4. The van der Waals surface area contributed by atoms with Gasteiger partial charge in [-0.3, -0.25) is 14.9 Å². The average molecular weight is 371 g/mol. The second-order valence-corrected chi connectivity index (χ2v) is 6.08. The summed E-state index contributed by atoms with van der Waals surface area (Å²) < 4.78 is 10.9.